The SMILES string of the molecule is NCCOB(c1ccccc1)c1ccc(CCOC(Cc2ccc(B(OCCN)c3ccccc3)cc2)Cc2ccc(B(OCCN)c3ccccc3)cc2)cc1. The predicted octanol–water partition coefficient (Wildman–Crippen LogP) is 2.34. The molecule has 0 saturated heterocycles. The third kappa shape index (κ3) is 12.6. The second kappa shape index (κ2) is 22.8. The highest BCUT2D eigenvalue weighted by Gasteiger charge is 2.24. The summed E-state index contributed by atoms with van der Waals surface area (Å²) in [5.74, 6) is 0. The van der Waals surface area contributed by atoms with Gasteiger partial charge in [-0.3, -0.25) is 0 Å². The van der Waals surface area contributed by atoms with Crippen LogP contribution in [0, 0.1) is 0 Å². The van der Waals surface area contributed by atoms with Crippen LogP contribution in [0.25, 0.3) is 0 Å². The molecule has 0 unspecified atom stereocenters. The van der Waals surface area contributed by atoms with Crippen molar-refractivity contribution in [3.05, 3.63) is 180 Å². The Kier molecular flexibility index (Phi) is 16.8. The van der Waals surface area contributed by atoms with E-state index >= 15 is 0 Å². The standard InChI is InChI=1S/C47H54B3N3O4/c51-29-33-55-48(41-10-4-1-5-11-41)44-22-16-38(17-23-44)28-32-54-47(36-39-18-24-45(25-19-39)49(56-34-30-52)42-12-6-2-7-13-42)37-40-20-26-46(27-21-40)50(57-35-31-53)43-14-8-3-9-15-43/h1-27,47H,28-37,51-53H2. The Balaban J connectivity index is 1.17. The van der Waals surface area contributed by atoms with Gasteiger partial charge in [0.25, 0.3) is 0 Å². The largest absolute Gasteiger partial charge is 0.426 e. The van der Waals surface area contributed by atoms with Crippen LogP contribution >= 0.6 is 0 Å². The molecule has 0 aromatic heterocycles. The van der Waals surface area contributed by atoms with Crippen molar-refractivity contribution in [2.24, 2.45) is 17.2 Å². The minimum Gasteiger partial charge on any atom is -0.426 e. The van der Waals surface area contributed by atoms with E-state index in [-0.39, 0.29) is 26.9 Å². The Morgan fingerprint density at radius 2 is 0.649 bits per heavy atom. The lowest BCUT2D eigenvalue weighted by Crippen LogP contribution is -2.45. The van der Waals surface area contributed by atoms with Crippen molar-refractivity contribution >= 4 is 53.5 Å². The van der Waals surface area contributed by atoms with Crippen LogP contribution in [-0.2, 0) is 38.0 Å². The number of ether oxygens (including phenoxy) is 1. The minimum absolute atomic E-state index is 0.0371. The number of rotatable bonds is 23. The monoisotopic (exact) mass is 757 g/mol. The lowest BCUT2D eigenvalue weighted by Gasteiger charge is -2.20. The number of hydrogen-bond acceptors (Lipinski definition) is 7. The van der Waals surface area contributed by atoms with Gasteiger partial charge in [0.15, 0.2) is 0 Å². The highest BCUT2D eigenvalue weighted by Crippen LogP contribution is 2.14. The molecule has 6 aromatic rings. The van der Waals surface area contributed by atoms with E-state index in [0.717, 1.165) is 52.0 Å². The van der Waals surface area contributed by atoms with Crippen LogP contribution in [0.2, 0.25) is 0 Å². The van der Waals surface area contributed by atoms with Crippen molar-refractivity contribution < 1.29 is 18.7 Å². The van der Waals surface area contributed by atoms with Gasteiger partial charge in [-0.15, -0.1) is 0 Å². The van der Waals surface area contributed by atoms with Crippen LogP contribution in [0.1, 0.15) is 16.7 Å². The summed E-state index contributed by atoms with van der Waals surface area (Å²) < 4.78 is 25.4. The maximum atomic E-state index is 6.74. The molecule has 0 bridgehead atoms. The van der Waals surface area contributed by atoms with Crippen molar-refractivity contribution in [3.63, 3.8) is 0 Å². The molecule has 6 rings (SSSR count). The average molecular weight is 757 g/mol. The van der Waals surface area contributed by atoms with Gasteiger partial charge >= 0.3 is 20.7 Å². The zero-order valence-electron chi connectivity index (χ0n) is 32.8. The molecule has 6 N–H and O–H groups in total. The van der Waals surface area contributed by atoms with Crippen molar-refractivity contribution in [1.29, 1.82) is 0 Å². The molecular formula is C47H54B3N3O4. The second-order valence-corrected chi connectivity index (χ2v) is 14.2. The summed E-state index contributed by atoms with van der Waals surface area (Å²) in [6.07, 6.45) is 2.29. The number of nitrogens with two attached hydrogens (primary N) is 3. The summed E-state index contributed by atoms with van der Waals surface area (Å²) in [5, 5.41) is 0. The van der Waals surface area contributed by atoms with Crippen molar-refractivity contribution in [3.8, 4) is 0 Å². The van der Waals surface area contributed by atoms with Gasteiger partial charge in [-0.25, -0.2) is 0 Å². The maximum absolute atomic E-state index is 6.74. The first-order chi connectivity index (χ1) is 28.1. The summed E-state index contributed by atoms with van der Waals surface area (Å²) in [6.45, 7) is 2.96. The Labute approximate surface area is 340 Å². The van der Waals surface area contributed by atoms with Gasteiger partial charge in [0.05, 0.1) is 12.7 Å². The van der Waals surface area contributed by atoms with Crippen LogP contribution in [0.5, 0.6) is 0 Å². The average Bonchev–Trinajstić information content (AvgIpc) is 3.27. The van der Waals surface area contributed by atoms with Crippen LogP contribution in [0.15, 0.2) is 164 Å². The molecule has 0 heterocycles. The molecule has 0 aliphatic rings. The smallest absolute Gasteiger partial charge is 0.361 e. The molecule has 7 nitrogen and oxygen atoms in total. The summed E-state index contributed by atoms with van der Waals surface area (Å²) in [7, 11) is 0. The van der Waals surface area contributed by atoms with Gasteiger partial charge in [-0.05, 0) is 68.7 Å². The minimum atomic E-state index is -0.176. The van der Waals surface area contributed by atoms with E-state index < -0.39 is 0 Å². The highest BCUT2D eigenvalue weighted by molar-refractivity contribution is 6.81. The van der Waals surface area contributed by atoms with E-state index in [0.29, 0.717) is 46.1 Å². The van der Waals surface area contributed by atoms with Gasteiger partial charge in [-0.1, -0.05) is 164 Å². The second-order valence-electron chi connectivity index (χ2n) is 14.2. The molecule has 0 spiro atoms. The fourth-order valence-electron chi connectivity index (χ4n) is 7.17. The molecule has 6 aromatic carbocycles. The molecule has 0 aliphatic heterocycles. The molecule has 0 saturated carbocycles. The van der Waals surface area contributed by atoms with Gasteiger partial charge in [0, 0.05) is 39.5 Å². The van der Waals surface area contributed by atoms with Crippen LogP contribution in [-0.4, -0.2) is 72.9 Å². The van der Waals surface area contributed by atoms with E-state index in [1.807, 2.05) is 54.6 Å². The number of hydrogen-bond donors (Lipinski definition) is 3. The lowest BCUT2D eigenvalue weighted by molar-refractivity contribution is 0.0560. The fraction of sp³-hybridized carbons (Fsp3) is 0.234. The molecular weight excluding hydrogens is 703 g/mol. The van der Waals surface area contributed by atoms with Crippen molar-refractivity contribution in [2.45, 2.75) is 25.4 Å². The highest BCUT2D eigenvalue weighted by atomic mass is 16.5. The molecule has 0 fully saturated rings. The first-order valence-corrected chi connectivity index (χ1v) is 20.1. The third-order valence-corrected chi connectivity index (χ3v) is 10.0. The van der Waals surface area contributed by atoms with E-state index in [4.69, 9.17) is 35.9 Å². The predicted molar refractivity (Wildman–Crippen MR) is 240 cm³/mol. The molecule has 57 heavy (non-hydrogen) atoms. The summed E-state index contributed by atoms with van der Waals surface area (Å²) in [4.78, 5) is 0. The van der Waals surface area contributed by atoms with E-state index in [1.54, 1.807) is 0 Å². The van der Waals surface area contributed by atoms with E-state index in [9.17, 15) is 0 Å². The Morgan fingerprint density at radius 1 is 0.351 bits per heavy atom. The first kappa shape index (κ1) is 41.9. The zero-order valence-corrected chi connectivity index (χ0v) is 32.8. The van der Waals surface area contributed by atoms with Gasteiger partial charge in [-0.2, -0.15) is 0 Å². The third-order valence-electron chi connectivity index (χ3n) is 10.0. The summed E-state index contributed by atoms with van der Waals surface area (Å²) in [6, 6.07) is 57.0. The molecule has 10 heteroatoms. The van der Waals surface area contributed by atoms with Gasteiger partial charge < -0.3 is 35.9 Å². The molecule has 0 aliphatic carbocycles. The first-order valence-electron chi connectivity index (χ1n) is 20.1. The molecule has 0 atom stereocenters. The Hall–Kier alpha value is -4.77. The summed E-state index contributed by atoms with van der Waals surface area (Å²) >= 11 is 0. The van der Waals surface area contributed by atoms with Crippen molar-refractivity contribution in [2.75, 3.05) is 46.1 Å². The quantitative estimate of drug-likeness (QED) is 0.0861. The van der Waals surface area contributed by atoms with E-state index in [1.165, 1.54) is 16.7 Å². The topological polar surface area (TPSA) is 115 Å². The van der Waals surface area contributed by atoms with E-state index in [2.05, 4.69) is 109 Å². The lowest BCUT2D eigenvalue weighted by atomic mass is 9.55. The fourth-order valence-corrected chi connectivity index (χ4v) is 7.17. The summed E-state index contributed by atoms with van der Waals surface area (Å²) in [5.41, 5.74) is 27.7. The maximum Gasteiger partial charge on any atom is 0.361 e. The van der Waals surface area contributed by atoms with Crippen LogP contribution < -0.4 is 50.0 Å². The van der Waals surface area contributed by atoms with Crippen LogP contribution in [0.3, 0.4) is 0 Å². The van der Waals surface area contributed by atoms with Crippen LogP contribution in [0.4, 0.5) is 0 Å². The van der Waals surface area contributed by atoms with Crippen molar-refractivity contribution in [1.82, 2.24) is 0 Å². The van der Waals surface area contributed by atoms with Gasteiger partial charge in [0.1, 0.15) is 0 Å². The number of benzene rings is 6. The molecule has 0 radical (unpaired) electrons. The molecule has 290 valence electrons. The Morgan fingerprint density at radius 3 is 0.965 bits per heavy atom. The molecule has 0 amide bonds. The Bertz CT molecular complexity index is 1900. The zero-order chi connectivity index (χ0) is 39.5. The normalized spacial score (nSPS) is 11.2. The van der Waals surface area contributed by atoms with Gasteiger partial charge in [0.2, 0.25) is 0 Å².